The Kier molecular flexibility index (Phi) is 4.95. The number of nitrogens with one attached hydrogen (secondary N) is 1. The van der Waals surface area contributed by atoms with Gasteiger partial charge >= 0.3 is 0 Å². The highest BCUT2D eigenvalue weighted by Crippen LogP contribution is 2.34. The summed E-state index contributed by atoms with van der Waals surface area (Å²) in [5, 5.41) is 3.03. The number of anilines is 4. The van der Waals surface area contributed by atoms with Gasteiger partial charge in [-0.25, -0.2) is 0 Å². The van der Waals surface area contributed by atoms with Crippen LogP contribution in [0.2, 0.25) is 0 Å². The molecule has 1 N–H and O–H groups in total. The van der Waals surface area contributed by atoms with Crippen molar-refractivity contribution in [2.24, 2.45) is 0 Å². The Morgan fingerprint density at radius 2 is 1.13 bits per heavy atom. The van der Waals surface area contributed by atoms with Gasteiger partial charge in [-0.05, 0) is 48.5 Å². The van der Waals surface area contributed by atoms with Crippen LogP contribution in [0, 0.1) is 0 Å². The SMILES string of the molecule is S=C(S)Nc1ccc(N(c2ccccc2)c2ccccc2)cc1. The molecule has 3 rings (SSSR count). The fraction of sp³-hybridized carbons (Fsp3) is 0. The predicted molar refractivity (Wildman–Crippen MR) is 106 cm³/mol. The van der Waals surface area contributed by atoms with E-state index in [1.54, 1.807) is 0 Å². The zero-order chi connectivity index (χ0) is 16.1. The van der Waals surface area contributed by atoms with Gasteiger partial charge in [-0.15, -0.1) is 12.6 Å². The van der Waals surface area contributed by atoms with Gasteiger partial charge in [0.05, 0.1) is 0 Å². The van der Waals surface area contributed by atoms with Gasteiger partial charge in [0, 0.05) is 22.7 Å². The Morgan fingerprint density at radius 3 is 1.57 bits per heavy atom. The summed E-state index contributed by atoms with van der Waals surface area (Å²) in [6.45, 7) is 0. The Bertz CT molecular complexity index is 732. The van der Waals surface area contributed by atoms with Crippen molar-refractivity contribution in [3.63, 3.8) is 0 Å². The monoisotopic (exact) mass is 336 g/mol. The molecule has 0 bridgehead atoms. The van der Waals surface area contributed by atoms with Gasteiger partial charge in [0.1, 0.15) is 4.32 Å². The van der Waals surface area contributed by atoms with Gasteiger partial charge in [0.2, 0.25) is 0 Å². The van der Waals surface area contributed by atoms with Crippen LogP contribution in [0.5, 0.6) is 0 Å². The fourth-order valence-electron chi connectivity index (χ4n) is 2.42. The van der Waals surface area contributed by atoms with Crippen molar-refractivity contribution in [1.29, 1.82) is 0 Å². The maximum atomic E-state index is 4.96. The van der Waals surface area contributed by atoms with E-state index in [0.29, 0.717) is 4.32 Å². The minimum absolute atomic E-state index is 0.459. The molecule has 3 aromatic rings. The Morgan fingerprint density at radius 1 is 0.696 bits per heavy atom. The maximum absolute atomic E-state index is 4.96. The van der Waals surface area contributed by atoms with Crippen LogP contribution in [0.1, 0.15) is 0 Å². The molecule has 0 aliphatic rings. The molecule has 0 amide bonds. The third-order valence-corrected chi connectivity index (χ3v) is 3.62. The molecular weight excluding hydrogens is 320 g/mol. The van der Waals surface area contributed by atoms with E-state index in [-0.39, 0.29) is 0 Å². The Labute approximate surface area is 147 Å². The number of benzene rings is 3. The average molecular weight is 336 g/mol. The van der Waals surface area contributed by atoms with E-state index in [4.69, 9.17) is 12.2 Å². The van der Waals surface area contributed by atoms with Gasteiger partial charge in [-0.1, -0.05) is 48.6 Å². The highest BCUT2D eigenvalue weighted by Gasteiger charge is 2.11. The number of nitrogens with zero attached hydrogens (tertiary/aromatic N) is 1. The zero-order valence-corrected chi connectivity index (χ0v) is 14.1. The van der Waals surface area contributed by atoms with E-state index in [1.165, 1.54) is 0 Å². The van der Waals surface area contributed by atoms with Crippen molar-refractivity contribution in [3.05, 3.63) is 84.9 Å². The van der Waals surface area contributed by atoms with Gasteiger partial charge in [-0.3, -0.25) is 0 Å². The van der Waals surface area contributed by atoms with Crippen LogP contribution in [-0.4, -0.2) is 4.32 Å². The molecule has 23 heavy (non-hydrogen) atoms. The topological polar surface area (TPSA) is 15.3 Å². The van der Waals surface area contributed by atoms with Crippen LogP contribution in [0.15, 0.2) is 84.9 Å². The second-order valence-corrected chi connectivity index (χ2v) is 6.14. The minimum atomic E-state index is 0.459. The number of rotatable bonds is 4. The highest BCUT2D eigenvalue weighted by molar-refractivity contribution is 8.11. The van der Waals surface area contributed by atoms with E-state index < -0.39 is 0 Å². The molecule has 114 valence electrons. The molecule has 0 aromatic heterocycles. The molecule has 0 aliphatic heterocycles. The first-order valence-corrected chi connectivity index (χ1v) is 8.10. The predicted octanol–water partition coefficient (Wildman–Crippen LogP) is 5.78. The number of para-hydroxylation sites is 2. The van der Waals surface area contributed by atoms with E-state index in [9.17, 15) is 0 Å². The molecule has 0 saturated carbocycles. The molecular formula is C19H16N2S2. The molecule has 0 spiro atoms. The lowest BCUT2D eigenvalue weighted by Crippen LogP contribution is -2.09. The summed E-state index contributed by atoms with van der Waals surface area (Å²) in [6.07, 6.45) is 0. The van der Waals surface area contributed by atoms with E-state index in [2.05, 4.69) is 59.2 Å². The summed E-state index contributed by atoms with van der Waals surface area (Å²) in [7, 11) is 0. The van der Waals surface area contributed by atoms with Crippen LogP contribution < -0.4 is 10.2 Å². The number of hydrogen-bond acceptors (Lipinski definition) is 2. The lowest BCUT2D eigenvalue weighted by atomic mass is 10.2. The Hall–Kier alpha value is -2.30. The van der Waals surface area contributed by atoms with E-state index in [1.807, 2.05) is 48.5 Å². The van der Waals surface area contributed by atoms with Crippen molar-refractivity contribution in [1.82, 2.24) is 0 Å². The molecule has 0 saturated heterocycles. The summed E-state index contributed by atoms with van der Waals surface area (Å²) >= 11 is 9.06. The third kappa shape index (κ3) is 3.92. The maximum Gasteiger partial charge on any atom is 0.135 e. The van der Waals surface area contributed by atoms with Gasteiger partial charge < -0.3 is 10.2 Å². The summed E-state index contributed by atoms with van der Waals surface area (Å²) < 4.78 is 0.459. The lowest BCUT2D eigenvalue weighted by Gasteiger charge is -2.25. The van der Waals surface area contributed by atoms with Crippen molar-refractivity contribution in [2.75, 3.05) is 10.2 Å². The molecule has 0 atom stereocenters. The first kappa shape index (κ1) is 15.6. The first-order valence-electron chi connectivity index (χ1n) is 7.24. The molecule has 2 nitrogen and oxygen atoms in total. The van der Waals surface area contributed by atoms with Crippen molar-refractivity contribution >= 4 is 51.9 Å². The number of hydrogen-bond donors (Lipinski definition) is 2. The molecule has 0 heterocycles. The Balaban J connectivity index is 2.00. The standard InChI is InChI=1S/C19H16N2S2/c22-19(23)20-15-11-13-18(14-12-15)21(16-7-3-1-4-8-16)17-9-5-2-6-10-17/h1-14H,(H2,20,22,23). The summed E-state index contributed by atoms with van der Waals surface area (Å²) in [5.74, 6) is 0. The molecule has 3 aromatic carbocycles. The van der Waals surface area contributed by atoms with Gasteiger partial charge in [0.25, 0.3) is 0 Å². The third-order valence-electron chi connectivity index (χ3n) is 3.41. The van der Waals surface area contributed by atoms with Gasteiger partial charge in [-0.2, -0.15) is 0 Å². The summed E-state index contributed by atoms with van der Waals surface area (Å²) in [5.41, 5.74) is 4.24. The fourth-order valence-corrected chi connectivity index (χ4v) is 2.67. The van der Waals surface area contributed by atoms with Crippen molar-refractivity contribution in [2.45, 2.75) is 0 Å². The van der Waals surface area contributed by atoms with Crippen LogP contribution in [-0.2, 0) is 0 Å². The van der Waals surface area contributed by atoms with Crippen molar-refractivity contribution < 1.29 is 0 Å². The van der Waals surface area contributed by atoms with Crippen molar-refractivity contribution in [3.8, 4) is 0 Å². The molecule has 0 radical (unpaired) electrons. The summed E-state index contributed by atoms with van der Waals surface area (Å²) in [6, 6.07) is 28.7. The van der Waals surface area contributed by atoms with Gasteiger partial charge in [0.15, 0.2) is 0 Å². The largest absolute Gasteiger partial charge is 0.341 e. The highest BCUT2D eigenvalue weighted by atomic mass is 32.1. The summed E-state index contributed by atoms with van der Waals surface area (Å²) in [4.78, 5) is 2.21. The van der Waals surface area contributed by atoms with Crippen LogP contribution in [0.3, 0.4) is 0 Å². The van der Waals surface area contributed by atoms with Crippen LogP contribution in [0.25, 0.3) is 0 Å². The van der Waals surface area contributed by atoms with Crippen LogP contribution in [0.4, 0.5) is 22.7 Å². The molecule has 4 heteroatoms. The van der Waals surface area contributed by atoms with E-state index in [0.717, 1.165) is 22.7 Å². The minimum Gasteiger partial charge on any atom is -0.341 e. The second kappa shape index (κ2) is 7.31. The number of thiocarbonyl (C=S) groups is 1. The zero-order valence-electron chi connectivity index (χ0n) is 12.4. The second-order valence-electron chi connectivity index (χ2n) is 4.98. The normalized spacial score (nSPS) is 10.1. The average Bonchev–Trinajstić information content (AvgIpc) is 2.58. The molecule has 0 fully saturated rings. The lowest BCUT2D eigenvalue weighted by molar-refractivity contribution is 1.28. The molecule has 0 unspecified atom stereocenters. The smallest absolute Gasteiger partial charge is 0.135 e. The molecule has 0 aliphatic carbocycles. The van der Waals surface area contributed by atoms with E-state index >= 15 is 0 Å². The van der Waals surface area contributed by atoms with Crippen LogP contribution >= 0.6 is 24.8 Å². The number of thiol groups is 1. The quantitative estimate of drug-likeness (QED) is 0.464. The first-order chi connectivity index (χ1) is 11.2.